The van der Waals surface area contributed by atoms with Crippen molar-refractivity contribution in [2.45, 2.75) is 44.2 Å². The fourth-order valence-corrected chi connectivity index (χ4v) is 5.76. The van der Waals surface area contributed by atoms with Gasteiger partial charge in [0.15, 0.2) is 5.82 Å². The molecule has 4 aromatic rings. The lowest BCUT2D eigenvalue weighted by Gasteiger charge is -2.26. The zero-order chi connectivity index (χ0) is 29.1. The fraction of sp³-hybridized carbons (Fsp3) is 0.375. The van der Waals surface area contributed by atoms with Crippen molar-refractivity contribution in [3.05, 3.63) is 82.9 Å². The second kappa shape index (κ2) is 12.5. The largest absolute Gasteiger partial charge is 0.492 e. The highest BCUT2D eigenvalue weighted by atomic mass is 19.1. The molecule has 2 fully saturated rings. The standard InChI is InChI=1S/C32H35F2N5O3/c1-39-10-2-3-25(39)19-42-26-5-6-27(30(18-26)35-24-8-11-41-12-9-24)32(40)36-31-28-16-20(4-7-29(28)37-38-31)13-21-14-22(33)17-23(34)15-21/h4-7,14-18,24-25,35H,2-3,8-13,19H2,1H3,(H2,36,37,38,40)/t25-/m0/s1. The second-order valence-electron chi connectivity index (χ2n) is 11.2. The lowest BCUT2D eigenvalue weighted by molar-refractivity contribution is 0.0904. The summed E-state index contributed by atoms with van der Waals surface area (Å²) in [6, 6.07) is 15.2. The van der Waals surface area contributed by atoms with Crippen molar-refractivity contribution in [2.75, 3.05) is 44.0 Å². The number of anilines is 2. The molecule has 0 spiro atoms. The average molecular weight is 576 g/mol. The zero-order valence-electron chi connectivity index (χ0n) is 23.6. The number of hydrogen-bond donors (Lipinski definition) is 3. The molecule has 220 valence electrons. The Bertz CT molecular complexity index is 1550. The molecule has 0 unspecified atom stereocenters. The Balaban J connectivity index is 1.22. The maximum Gasteiger partial charge on any atom is 0.258 e. The predicted molar refractivity (Wildman–Crippen MR) is 158 cm³/mol. The van der Waals surface area contributed by atoms with Crippen molar-refractivity contribution in [1.82, 2.24) is 15.1 Å². The number of carbonyl (C=O) groups excluding carboxylic acids is 1. The molecule has 0 saturated carbocycles. The first-order chi connectivity index (χ1) is 20.4. The van der Waals surface area contributed by atoms with Crippen LogP contribution in [-0.2, 0) is 11.2 Å². The number of benzene rings is 3. The third-order valence-corrected chi connectivity index (χ3v) is 8.12. The highest BCUT2D eigenvalue weighted by Crippen LogP contribution is 2.29. The molecule has 10 heteroatoms. The number of aromatic nitrogens is 2. The van der Waals surface area contributed by atoms with Gasteiger partial charge in [0.1, 0.15) is 24.0 Å². The number of ether oxygens (including phenoxy) is 2. The van der Waals surface area contributed by atoms with Gasteiger partial charge in [-0.05, 0) is 93.2 Å². The summed E-state index contributed by atoms with van der Waals surface area (Å²) in [5, 5.41) is 14.5. The first-order valence-corrected chi connectivity index (χ1v) is 14.5. The minimum Gasteiger partial charge on any atom is -0.492 e. The van der Waals surface area contributed by atoms with Crippen LogP contribution in [0.2, 0.25) is 0 Å². The summed E-state index contributed by atoms with van der Waals surface area (Å²) >= 11 is 0. The summed E-state index contributed by atoms with van der Waals surface area (Å²) in [7, 11) is 2.12. The molecule has 2 aliphatic rings. The number of fused-ring (bicyclic) bond motifs is 1. The van der Waals surface area contributed by atoms with Gasteiger partial charge in [0.2, 0.25) is 0 Å². The molecule has 3 N–H and O–H groups in total. The predicted octanol–water partition coefficient (Wildman–Crippen LogP) is 5.75. The zero-order valence-corrected chi connectivity index (χ0v) is 23.6. The number of nitrogens with zero attached hydrogens (tertiary/aromatic N) is 2. The number of likely N-dealkylation sites (tertiary alicyclic amines) is 1. The third-order valence-electron chi connectivity index (χ3n) is 8.12. The number of halogens is 2. The van der Waals surface area contributed by atoms with Crippen molar-refractivity contribution in [3.63, 3.8) is 0 Å². The van der Waals surface area contributed by atoms with Crippen molar-refractivity contribution in [2.24, 2.45) is 0 Å². The van der Waals surface area contributed by atoms with E-state index in [-0.39, 0.29) is 11.9 Å². The fourth-order valence-electron chi connectivity index (χ4n) is 5.76. The summed E-state index contributed by atoms with van der Waals surface area (Å²) in [6.45, 7) is 3.03. The molecule has 0 bridgehead atoms. The molecule has 0 radical (unpaired) electrons. The number of rotatable bonds is 9. The number of likely N-dealkylation sites (N-methyl/N-ethyl adjacent to an activating group) is 1. The molecule has 42 heavy (non-hydrogen) atoms. The highest BCUT2D eigenvalue weighted by Gasteiger charge is 2.23. The van der Waals surface area contributed by atoms with E-state index in [1.807, 2.05) is 30.3 Å². The van der Waals surface area contributed by atoms with Crippen molar-refractivity contribution >= 4 is 28.3 Å². The maximum atomic E-state index is 13.7. The summed E-state index contributed by atoms with van der Waals surface area (Å²) in [4.78, 5) is 15.9. The Kier molecular flexibility index (Phi) is 8.34. The van der Waals surface area contributed by atoms with Crippen LogP contribution in [0.5, 0.6) is 5.75 Å². The molecule has 3 heterocycles. The van der Waals surface area contributed by atoms with E-state index < -0.39 is 11.6 Å². The van der Waals surface area contributed by atoms with E-state index in [0.717, 1.165) is 43.0 Å². The molecule has 3 aromatic carbocycles. The Hall–Kier alpha value is -4.02. The van der Waals surface area contributed by atoms with Crippen molar-refractivity contribution in [3.8, 4) is 5.75 Å². The summed E-state index contributed by atoms with van der Waals surface area (Å²) < 4.78 is 39.1. The Morgan fingerprint density at radius 3 is 2.62 bits per heavy atom. The topological polar surface area (TPSA) is 91.5 Å². The molecule has 8 nitrogen and oxygen atoms in total. The van der Waals surface area contributed by atoms with Gasteiger partial charge in [-0.15, -0.1) is 0 Å². The summed E-state index contributed by atoms with van der Waals surface area (Å²) in [5.74, 6) is -0.448. The second-order valence-corrected chi connectivity index (χ2v) is 11.2. The number of nitrogens with one attached hydrogen (secondary N) is 3. The van der Waals surface area contributed by atoms with E-state index >= 15 is 0 Å². The summed E-state index contributed by atoms with van der Waals surface area (Å²) in [6.07, 6.45) is 4.32. The maximum absolute atomic E-state index is 13.7. The SMILES string of the molecule is CN1CCC[C@H]1COc1ccc(C(=O)Nc2n[nH]c3ccc(Cc4cc(F)cc(F)c4)cc23)c(NC2CCOCC2)c1. The van der Waals surface area contributed by atoms with Crippen LogP contribution in [0.1, 0.15) is 47.2 Å². The Morgan fingerprint density at radius 2 is 1.86 bits per heavy atom. The first-order valence-electron chi connectivity index (χ1n) is 14.5. The van der Waals surface area contributed by atoms with E-state index in [1.165, 1.54) is 18.6 Å². The smallest absolute Gasteiger partial charge is 0.258 e. The minimum absolute atomic E-state index is 0.183. The highest BCUT2D eigenvalue weighted by molar-refractivity contribution is 6.11. The normalized spacial score (nSPS) is 17.9. The number of aromatic amines is 1. The molecule has 6 rings (SSSR count). The van der Waals surface area contributed by atoms with E-state index in [9.17, 15) is 13.6 Å². The van der Waals surface area contributed by atoms with E-state index in [4.69, 9.17) is 9.47 Å². The van der Waals surface area contributed by atoms with Crippen LogP contribution in [0.4, 0.5) is 20.3 Å². The van der Waals surface area contributed by atoms with Gasteiger partial charge < -0.3 is 25.0 Å². The van der Waals surface area contributed by atoms with Crippen molar-refractivity contribution in [1.29, 1.82) is 0 Å². The van der Waals surface area contributed by atoms with E-state index in [1.54, 1.807) is 6.07 Å². The van der Waals surface area contributed by atoms with Gasteiger partial charge in [0, 0.05) is 42.8 Å². The Labute approximate surface area is 243 Å². The average Bonchev–Trinajstić information content (AvgIpc) is 3.57. The van der Waals surface area contributed by atoms with Crippen LogP contribution < -0.4 is 15.4 Å². The molecular weight excluding hydrogens is 540 g/mol. The van der Waals surface area contributed by atoms with Crippen LogP contribution in [-0.4, -0.2) is 66.5 Å². The van der Waals surface area contributed by atoms with Gasteiger partial charge in [-0.1, -0.05) is 6.07 Å². The molecule has 1 atom stereocenters. The molecule has 2 saturated heterocycles. The van der Waals surface area contributed by atoms with Crippen LogP contribution in [0, 0.1) is 11.6 Å². The van der Waals surface area contributed by atoms with Gasteiger partial charge in [-0.3, -0.25) is 9.89 Å². The number of carbonyl (C=O) groups is 1. The lowest BCUT2D eigenvalue weighted by atomic mass is 10.0. The van der Waals surface area contributed by atoms with Crippen LogP contribution in [0.3, 0.4) is 0 Å². The van der Waals surface area contributed by atoms with E-state index in [0.29, 0.717) is 66.1 Å². The van der Waals surface area contributed by atoms with Gasteiger partial charge >= 0.3 is 0 Å². The number of amides is 1. The van der Waals surface area contributed by atoms with Gasteiger partial charge in [-0.25, -0.2) is 8.78 Å². The first kappa shape index (κ1) is 28.1. The third kappa shape index (κ3) is 6.55. The molecule has 1 amide bonds. The van der Waals surface area contributed by atoms with Gasteiger partial charge in [0.25, 0.3) is 5.91 Å². The molecule has 1 aromatic heterocycles. The quantitative estimate of drug-likeness (QED) is 0.236. The minimum atomic E-state index is -0.616. The monoisotopic (exact) mass is 575 g/mol. The lowest BCUT2D eigenvalue weighted by Crippen LogP contribution is -2.31. The number of hydrogen-bond acceptors (Lipinski definition) is 6. The molecular formula is C32H35F2N5O3. The van der Waals surface area contributed by atoms with Crippen molar-refractivity contribution < 1.29 is 23.0 Å². The number of H-pyrrole nitrogens is 1. The molecule has 2 aliphatic heterocycles. The van der Waals surface area contributed by atoms with Crippen LogP contribution >= 0.6 is 0 Å². The summed E-state index contributed by atoms with van der Waals surface area (Å²) in [5.41, 5.74) is 3.27. The van der Waals surface area contributed by atoms with Crippen LogP contribution in [0.25, 0.3) is 10.9 Å². The Morgan fingerprint density at radius 1 is 1.05 bits per heavy atom. The molecule has 0 aliphatic carbocycles. The van der Waals surface area contributed by atoms with Crippen LogP contribution in [0.15, 0.2) is 54.6 Å². The van der Waals surface area contributed by atoms with Gasteiger partial charge in [0.05, 0.1) is 16.8 Å². The van der Waals surface area contributed by atoms with Gasteiger partial charge in [-0.2, -0.15) is 5.10 Å². The van der Waals surface area contributed by atoms with E-state index in [2.05, 4.69) is 32.8 Å².